The fourth-order valence-corrected chi connectivity index (χ4v) is 4.95. The normalized spacial score (nSPS) is 18.3. The number of nitrogens with zero attached hydrogens (tertiary/aromatic N) is 1. The van der Waals surface area contributed by atoms with Crippen LogP contribution >= 0.6 is 0 Å². The maximum absolute atomic E-state index is 13.2. The summed E-state index contributed by atoms with van der Waals surface area (Å²) in [7, 11) is 0. The third kappa shape index (κ3) is 5.27. The van der Waals surface area contributed by atoms with Crippen LogP contribution in [0, 0.1) is 11.8 Å². The van der Waals surface area contributed by atoms with Crippen molar-refractivity contribution >= 4 is 40.8 Å². The van der Waals surface area contributed by atoms with Crippen molar-refractivity contribution in [2.24, 2.45) is 11.8 Å². The number of para-hydroxylation sites is 1. The van der Waals surface area contributed by atoms with Gasteiger partial charge in [-0.3, -0.25) is 19.2 Å². The summed E-state index contributed by atoms with van der Waals surface area (Å²) in [6.45, 7) is 1.57. The Hall–Kier alpha value is -4.85. The lowest BCUT2D eigenvalue weighted by Crippen LogP contribution is -2.33. The fourth-order valence-electron chi connectivity index (χ4n) is 4.95. The molecular weight excluding hydrogens is 496 g/mol. The number of ketones is 1. The number of amides is 3. The molecule has 1 fully saturated rings. The van der Waals surface area contributed by atoms with Gasteiger partial charge in [0.1, 0.15) is 0 Å². The van der Waals surface area contributed by atoms with E-state index in [1.54, 1.807) is 54.6 Å². The van der Waals surface area contributed by atoms with Crippen molar-refractivity contribution in [3.05, 3.63) is 107 Å². The molecule has 8 heteroatoms. The molecule has 0 aromatic heterocycles. The van der Waals surface area contributed by atoms with E-state index in [2.05, 4.69) is 5.32 Å². The highest BCUT2D eigenvalue weighted by Gasteiger charge is 2.49. The minimum absolute atomic E-state index is 0.186. The number of hydrogen-bond acceptors (Lipinski definition) is 6. The number of benzene rings is 3. The van der Waals surface area contributed by atoms with E-state index in [4.69, 9.17) is 4.74 Å². The van der Waals surface area contributed by atoms with Crippen LogP contribution in [0.3, 0.4) is 0 Å². The van der Waals surface area contributed by atoms with Crippen LogP contribution in [-0.4, -0.2) is 36.1 Å². The Morgan fingerprint density at radius 1 is 0.846 bits per heavy atom. The van der Waals surface area contributed by atoms with Crippen molar-refractivity contribution in [1.82, 2.24) is 0 Å². The number of carbonyl (C=O) groups excluding carboxylic acids is 5. The zero-order valence-electron chi connectivity index (χ0n) is 21.3. The van der Waals surface area contributed by atoms with Crippen LogP contribution in [-0.2, 0) is 14.3 Å². The van der Waals surface area contributed by atoms with Gasteiger partial charge in [-0.1, -0.05) is 54.1 Å². The molecule has 1 heterocycles. The molecule has 3 aromatic rings. The van der Waals surface area contributed by atoms with Gasteiger partial charge in [0, 0.05) is 11.3 Å². The Labute approximate surface area is 225 Å². The maximum Gasteiger partial charge on any atom is 0.338 e. The van der Waals surface area contributed by atoms with Crippen LogP contribution in [0.5, 0.6) is 0 Å². The molecule has 2 aliphatic rings. The quantitative estimate of drug-likeness (QED) is 0.206. The van der Waals surface area contributed by atoms with Crippen LogP contribution in [0.2, 0.25) is 0 Å². The van der Waals surface area contributed by atoms with Crippen LogP contribution in [0.4, 0.5) is 11.4 Å². The zero-order chi connectivity index (χ0) is 27.5. The van der Waals surface area contributed by atoms with Gasteiger partial charge in [-0.05, 0) is 56.2 Å². The Balaban J connectivity index is 1.25. The Bertz CT molecular complexity index is 1490. The minimum atomic E-state index is -0.667. The number of anilines is 2. The van der Waals surface area contributed by atoms with Crippen molar-refractivity contribution in [3.63, 3.8) is 0 Å². The third-order valence-electron chi connectivity index (χ3n) is 7.02. The molecule has 196 valence electrons. The average molecular weight is 523 g/mol. The molecule has 0 bridgehead atoms. The molecule has 0 spiro atoms. The second-order valence-corrected chi connectivity index (χ2v) is 9.63. The van der Waals surface area contributed by atoms with Crippen molar-refractivity contribution in [2.75, 3.05) is 16.8 Å². The lowest BCUT2D eigenvalue weighted by atomic mass is 9.82. The predicted octanol–water partition coefficient (Wildman–Crippen LogP) is 4.82. The van der Waals surface area contributed by atoms with Gasteiger partial charge >= 0.3 is 5.97 Å². The fraction of sp³-hybridized carbons (Fsp3) is 0.194. The molecule has 2 atom stereocenters. The van der Waals surface area contributed by atoms with Gasteiger partial charge in [-0.25, -0.2) is 9.69 Å². The zero-order valence-corrected chi connectivity index (χ0v) is 21.3. The lowest BCUT2D eigenvalue weighted by Gasteiger charge is -2.19. The van der Waals surface area contributed by atoms with Gasteiger partial charge in [0.2, 0.25) is 11.8 Å². The summed E-state index contributed by atoms with van der Waals surface area (Å²) in [5.74, 6) is -2.87. The maximum atomic E-state index is 13.2. The van der Waals surface area contributed by atoms with E-state index in [-0.39, 0.29) is 41.0 Å². The molecule has 1 aliphatic heterocycles. The van der Waals surface area contributed by atoms with Crippen LogP contribution in [0.15, 0.2) is 90.5 Å². The molecule has 8 nitrogen and oxygen atoms in total. The summed E-state index contributed by atoms with van der Waals surface area (Å²) >= 11 is 0. The number of hydrogen-bond donors (Lipinski definition) is 1. The molecule has 0 unspecified atom stereocenters. The Morgan fingerprint density at radius 3 is 2.26 bits per heavy atom. The standard InChI is InChI=1S/C31H26N2O6/c1-19-11-16-23-25(17-19)30(37)33(29(23)36)26-10-6-5-9-24(26)28(35)32-22-14-12-21(13-15-22)31(38)39-18-27(34)20-7-3-2-4-8-20/h2-15,23,25H,16-18H2,1H3,(H,32,35)/t23-,25+/m1/s1. The van der Waals surface area contributed by atoms with E-state index in [0.717, 1.165) is 10.5 Å². The van der Waals surface area contributed by atoms with E-state index >= 15 is 0 Å². The summed E-state index contributed by atoms with van der Waals surface area (Å²) < 4.78 is 5.13. The van der Waals surface area contributed by atoms with E-state index in [9.17, 15) is 24.0 Å². The summed E-state index contributed by atoms with van der Waals surface area (Å²) in [4.78, 5) is 65.2. The van der Waals surface area contributed by atoms with Gasteiger partial charge < -0.3 is 10.1 Å². The molecule has 39 heavy (non-hydrogen) atoms. The second kappa shape index (κ2) is 10.9. The largest absolute Gasteiger partial charge is 0.454 e. The van der Waals surface area contributed by atoms with Crippen molar-refractivity contribution in [1.29, 1.82) is 0 Å². The Kier molecular flexibility index (Phi) is 7.19. The molecule has 0 radical (unpaired) electrons. The summed E-state index contributed by atoms with van der Waals surface area (Å²) in [5, 5.41) is 2.75. The predicted molar refractivity (Wildman–Crippen MR) is 144 cm³/mol. The van der Waals surface area contributed by atoms with Crippen molar-refractivity contribution in [2.45, 2.75) is 19.8 Å². The molecule has 0 saturated carbocycles. The first-order valence-electron chi connectivity index (χ1n) is 12.6. The van der Waals surface area contributed by atoms with E-state index in [0.29, 0.717) is 24.1 Å². The van der Waals surface area contributed by atoms with Gasteiger partial charge in [-0.2, -0.15) is 0 Å². The number of Topliss-reactive ketones (excluding diaryl/α,β-unsaturated/α-hetero) is 1. The molecule has 3 aromatic carbocycles. The second-order valence-electron chi connectivity index (χ2n) is 9.63. The molecule has 1 N–H and O–H groups in total. The van der Waals surface area contributed by atoms with Gasteiger partial charge in [-0.15, -0.1) is 0 Å². The summed E-state index contributed by atoms with van der Waals surface area (Å²) in [6, 6.07) is 21.1. The van der Waals surface area contributed by atoms with Gasteiger partial charge in [0.15, 0.2) is 12.4 Å². The molecule has 1 aliphatic carbocycles. The highest BCUT2D eigenvalue weighted by molar-refractivity contribution is 6.25. The monoisotopic (exact) mass is 522 g/mol. The Morgan fingerprint density at radius 2 is 1.51 bits per heavy atom. The van der Waals surface area contributed by atoms with Gasteiger partial charge in [0.05, 0.1) is 28.7 Å². The number of nitrogens with one attached hydrogen (secondary N) is 1. The summed E-state index contributed by atoms with van der Waals surface area (Å²) in [6.07, 6.45) is 3.05. The smallest absolute Gasteiger partial charge is 0.338 e. The average Bonchev–Trinajstić information content (AvgIpc) is 3.20. The molecule has 5 rings (SSSR count). The first-order chi connectivity index (χ1) is 18.8. The number of allylic oxidation sites excluding steroid dienone is 2. The molecule has 3 amide bonds. The van der Waals surface area contributed by atoms with E-state index in [1.807, 2.05) is 13.0 Å². The lowest BCUT2D eigenvalue weighted by molar-refractivity contribution is -0.122. The number of fused-ring (bicyclic) bond motifs is 1. The third-order valence-corrected chi connectivity index (χ3v) is 7.02. The SMILES string of the molecule is CC1=CC[C@H]2C(=O)N(c3ccccc3C(=O)Nc3ccc(C(=O)OCC(=O)c4ccccc4)cc3)C(=O)[C@H]2C1. The van der Waals surface area contributed by atoms with Crippen LogP contribution in [0.25, 0.3) is 0 Å². The molecular formula is C31H26N2O6. The number of ether oxygens (including phenoxy) is 1. The first-order valence-corrected chi connectivity index (χ1v) is 12.6. The van der Waals surface area contributed by atoms with E-state index in [1.165, 1.54) is 24.3 Å². The highest BCUT2D eigenvalue weighted by Crippen LogP contribution is 2.40. The highest BCUT2D eigenvalue weighted by atomic mass is 16.5. The van der Waals surface area contributed by atoms with Crippen molar-refractivity contribution < 1.29 is 28.7 Å². The minimum Gasteiger partial charge on any atom is -0.454 e. The molecule has 1 saturated heterocycles. The number of carbonyl (C=O) groups is 5. The van der Waals surface area contributed by atoms with Gasteiger partial charge in [0.25, 0.3) is 5.91 Å². The van der Waals surface area contributed by atoms with Crippen LogP contribution in [0.1, 0.15) is 50.8 Å². The summed E-state index contributed by atoms with van der Waals surface area (Å²) in [5.41, 5.74) is 2.59. The van der Waals surface area contributed by atoms with Crippen molar-refractivity contribution in [3.8, 4) is 0 Å². The topological polar surface area (TPSA) is 110 Å². The van der Waals surface area contributed by atoms with Crippen LogP contribution < -0.4 is 10.2 Å². The number of esters is 1. The number of imide groups is 1. The van der Waals surface area contributed by atoms with E-state index < -0.39 is 23.7 Å². The number of rotatable bonds is 7. The first kappa shape index (κ1) is 25.8.